The molecule has 2 aliphatic heterocycles. The van der Waals surface area contributed by atoms with Crippen LogP contribution in [-0.4, -0.2) is 34.6 Å². The first kappa shape index (κ1) is 18.9. The molecule has 3 aromatic rings. The van der Waals surface area contributed by atoms with Crippen molar-refractivity contribution in [2.75, 3.05) is 10.1 Å². The first-order chi connectivity index (χ1) is 15.0. The Morgan fingerprint density at radius 1 is 1.00 bits per heavy atom. The Labute approximate surface area is 175 Å². The lowest BCUT2D eigenvalue weighted by Crippen LogP contribution is -2.35. The number of Topliss-reactive ketones (excluding diaryl/α,β-unsaturated/α-hetero) is 1. The van der Waals surface area contributed by atoms with E-state index in [1.165, 1.54) is 24.3 Å². The van der Waals surface area contributed by atoms with Gasteiger partial charge in [-0.25, -0.2) is 4.90 Å². The molecule has 2 atom stereocenters. The van der Waals surface area contributed by atoms with Crippen LogP contribution in [0.1, 0.15) is 10.4 Å². The second-order valence-electron chi connectivity index (χ2n) is 7.14. The molecular weight excluding hydrogens is 402 g/mol. The number of nitrogens with zero attached hydrogens (tertiary/aromatic N) is 3. The zero-order chi connectivity index (χ0) is 21.7. The molecule has 5 rings (SSSR count). The van der Waals surface area contributed by atoms with Gasteiger partial charge in [0.25, 0.3) is 5.91 Å². The standard InChI is InChI=1S/C22H14N3O6/c26-19(14-10-9-12-5-1-2-6-13(12)11-14)18-17-20(31-23-18)22(28)24(21(17)27)15-7-3-4-8-16(15)25(29)30/h1-11,17,20,29H/q-1/t17-,20-/m0/s1. The number of benzene rings is 3. The van der Waals surface area contributed by atoms with E-state index in [-0.39, 0.29) is 17.1 Å². The highest BCUT2D eigenvalue weighted by Crippen LogP contribution is 2.38. The van der Waals surface area contributed by atoms with Crippen LogP contribution in [-0.2, 0) is 14.4 Å². The highest BCUT2D eigenvalue weighted by Gasteiger charge is 2.57. The normalized spacial score (nSPS) is 19.9. The van der Waals surface area contributed by atoms with Crippen LogP contribution >= 0.6 is 0 Å². The molecule has 154 valence electrons. The minimum atomic E-state index is -1.31. The number of carbonyl (C=O) groups excluding carboxylic acids is 3. The number of hydrogen-bond acceptors (Lipinski definition) is 8. The van der Waals surface area contributed by atoms with E-state index < -0.39 is 34.8 Å². The van der Waals surface area contributed by atoms with Gasteiger partial charge in [-0.05, 0) is 29.0 Å². The van der Waals surface area contributed by atoms with E-state index in [1.807, 2.05) is 24.3 Å². The molecule has 0 radical (unpaired) electrons. The highest BCUT2D eigenvalue weighted by atomic mass is 16.8. The van der Waals surface area contributed by atoms with E-state index in [4.69, 9.17) is 4.84 Å². The molecule has 2 heterocycles. The maximum absolute atomic E-state index is 13.1. The molecule has 3 aromatic carbocycles. The number of imide groups is 1. The fraction of sp³-hybridized carbons (Fsp3) is 0.0909. The fourth-order valence-electron chi connectivity index (χ4n) is 3.90. The number of ketones is 1. The summed E-state index contributed by atoms with van der Waals surface area (Å²) in [7, 11) is 0. The summed E-state index contributed by atoms with van der Waals surface area (Å²) < 4.78 is 0. The fourth-order valence-corrected chi connectivity index (χ4v) is 3.90. The zero-order valence-corrected chi connectivity index (χ0v) is 15.8. The summed E-state index contributed by atoms with van der Waals surface area (Å²) in [6.45, 7) is 0. The van der Waals surface area contributed by atoms with Gasteiger partial charge in [-0.15, -0.1) is 0 Å². The zero-order valence-electron chi connectivity index (χ0n) is 15.8. The summed E-state index contributed by atoms with van der Waals surface area (Å²) >= 11 is 0. The van der Waals surface area contributed by atoms with Crippen LogP contribution in [0.25, 0.3) is 10.8 Å². The second kappa shape index (κ2) is 7.01. The van der Waals surface area contributed by atoms with Crippen LogP contribution in [0.2, 0.25) is 0 Å². The SMILES string of the molecule is O=C(C1=NO[C@@H]2C(=O)N(c3ccccc3N([O-])O)C(=O)[C@@H]12)c1ccc2ccccc2c1. The number of oxime groups is 1. The Morgan fingerprint density at radius 3 is 2.48 bits per heavy atom. The summed E-state index contributed by atoms with van der Waals surface area (Å²) in [5.74, 6) is -3.29. The maximum atomic E-state index is 13.1. The van der Waals surface area contributed by atoms with Crippen molar-refractivity contribution >= 4 is 45.5 Å². The summed E-state index contributed by atoms with van der Waals surface area (Å²) in [4.78, 5) is 45.0. The number of fused-ring (bicyclic) bond motifs is 2. The molecule has 9 heteroatoms. The lowest BCUT2D eigenvalue weighted by Gasteiger charge is -2.27. The van der Waals surface area contributed by atoms with E-state index in [0.717, 1.165) is 15.7 Å². The Balaban J connectivity index is 1.50. The predicted molar refractivity (Wildman–Crippen MR) is 111 cm³/mol. The molecule has 0 spiro atoms. The number of rotatable bonds is 4. The second-order valence-corrected chi connectivity index (χ2v) is 7.14. The highest BCUT2D eigenvalue weighted by molar-refractivity contribution is 6.52. The number of carbonyl (C=O) groups is 3. The average molecular weight is 416 g/mol. The summed E-state index contributed by atoms with van der Waals surface area (Å²) in [6, 6.07) is 18.2. The number of amides is 2. The van der Waals surface area contributed by atoms with Crippen LogP contribution < -0.4 is 10.1 Å². The van der Waals surface area contributed by atoms with Crippen molar-refractivity contribution in [3.8, 4) is 0 Å². The van der Waals surface area contributed by atoms with Crippen LogP contribution in [0.3, 0.4) is 0 Å². The van der Waals surface area contributed by atoms with Crippen molar-refractivity contribution < 1.29 is 24.4 Å². The summed E-state index contributed by atoms with van der Waals surface area (Å²) in [5, 5.41) is 25.9. The van der Waals surface area contributed by atoms with Gasteiger partial charge in [-0.2, -0.15) is 0 Å². The molecule has 1 fully saturated rings. The van der Waals surface area contributed by atoms with Crippen LogP contribution in [0.4, 0.5) is 11.4 Å². The summed E-state index contributed by atoms with van der Waals surface area (Å²) in [5.41, 5.74) is -0.266. The molecule has 2 aliphatic rings. The lowest BCUT2D eigenvalue weighted by atomic mass is 9.92. The van der Waals surface area contributed by atoms with Crippen LogP contribution in [0.5, 0.6) is 0 Å². The molecule has 1 N–H and O–H groups in total. The third kappa shape index (κ3) is 2.87. The Kier molecular flexibility index (Phi) is 4.28. The lowest BCUT2D eigenvalue weighted by molar-refractivity contribution is -0.126. The van der Waals surface area contributed by atoms with E-state index in [9.17, 15) is 24.8 Å². The topological polar surface area (TPSA) is 123 Å². The number of hydrogen-bond donors (Lipinski definition) is 1. The van der Waals surface area contributed by atoms with Crippen LogP contribution in [0, 0.1) is 11.1 Å². The van der Waals surface area contributed by atoms with E-state index in [0.29, 0.717) is 5.56 Å². The van der Waals surface area contributed by atoms with Gasteiger partial charge in [0.1, 0.15) is 11.6 Å². The van der Waals surface area contributed by atoms with Crippen molar-refractivity contribution in [2.24, 2.45) is 11.1 Å². The number of para-hydroxylation sites is 2. The minimum absolute atomic E-state index is 0.106. The van der Waals surface area contributed by atoms with Crippen LogP contribution in [0.15, 0.2) is 71.9 Å². The van der Waals surface area contributed by atoms with Crippen molar-refractivity contribution in [1.29, 1.82) is 0 Å². The molecule has 0 aromatic heterocycles. The Hall–Kier alpha value is -4.08. The van der Waals surface area contributed by atoms with Gasteiger partial charge in [0.15, 0.2) is 0 Å². The van der Waals surface area contributed by atoms with Gasteiger partial charge in [0.05, 0.1) is 11.4 Å². The van der Waals surface area contributed by atoms with Crippen molar-refractivity contribution in [3.63, 3.8) is 0 Å². The van der Waals surface area contributed by atoms with Gasteiger partial charge in [0, 0.05) is 5.56 Å². The van der Waals surface area contributed by atoms with E-state index in [1.54, 1.807) is 18.2 Å². The van der Waals surface area contributed by atoms with E-state index in [2.05, 4.69) is 5.16 Å². The van der Waals surface area contributed by atoms with Gasteiger partial charge in [-0.3, -0.25) is 19.6 Å². The van der Waals surface area contributed by atoms with Crippen molar-refractivity contribution in [2.45, 2.75) is 6.10 Å². The minimum Gasteiger partial charge on any atom is -0.733 e. The molecule has 0 unspecified atom stereocenters. The van der Waals surface area contributed by atoms with Crippen molar-refractivity contribution in [1.82, 2.24) is 0 Å². The molecule has 31 heavy (non-hydrogen) atoms. The first-order valence-corrected chi connectivity index (χ1v) is 9.37. The molecule has 9 nitrogen and oxygen atoms in total. The van der Waals surface area contributed by atoms with E-state index >= 15 is 0 Å². The van der Waals surface area contributed by atoms with Gasteiger partial charge in [0.2, 0.25) is 17.8 Å². The molecular formula is C22H14N3O6-. The van der Waals surface area contributed by atoms with Gasteiger partial charge < -0.3 is 15.3 Å². The largest absolute Gasteiger partial charge is 0.733 e. The van der Waals surface area contributed by atoms with Gasteiger partial charge in [-0.1, -0.05) is 53.7 Å². The molecule has 1 saturated heterocycles. The molecule has 0 aliphatic carbocycles. The Bertz CT molecular complexity index is 1280. The maximum Gasteiger partial charge on any atom is 0.279 e. The Morgan fingerprint density at radius 2 is 1.71 bits per heavy atom. The third-order valence-electron chi connectivity index (χ3n) is 5.39. The smallest absolute Gasteiger partial charge is 0.279 e. The quantitative estimate of drug-likeness (QED) is 0.394. The summed E-state index contributed by atoms with van der Waals surface area (Å²) in [6.07, 6.45) is -1.31. The molecule has 2 amide bonds. The number of anilines is 2. The van der Waals surface area contributed by atoms with Gasteiger partial charge >= 0.3 is 0 Å². The molecule has 0 bridgehead atoms. The molecule has 0 saturated carbocycles. The average Bonchev–Trinajstić information content (AvgIpc) is 3.33. The predicted octanol–water partition coefficient (Wildman–Crippen LogP) is 2.66. The third-order valence-corrected chi connectivity index (χ3v) is 5.39. The monoisotopic (exact) mass is 416 g/mol. The first-order valence-electron chi connectivity index (χ1n) is 9.37. The van der Waals surface area contributed by atoms with Crippen molar-refractivity contribution in [3.05, 3.63) is 77.5 Å².